The molecule has 1 aromatic heterocycles. The standard InChI is InChI=1S/C17H16N2OS/c20-17-14-8-1-2-9-15(14)21-19(17)11-13-6-3-5-12-7-4-10-18-16(12)13/h1-3,5-6,8-9,18H,4,7,10-11H2. The summed E-state index contributed by atoms with van der Waals surface area (Å²) < 4.78 is 2.91. The van der Waals surface area contributed by atoms with Crippen LogP contribution < -0.4 is 10.9 Å². The van der Waals surface area contributed by atoms with E-state index >= 15 is 0 Å². The molecule has 0 fully saturated rings. The Morgan fingerprint density at radius 1 is 1.14 bits per heavy atom. The van der Waals surface area contributed by atoms with Crippen molar-refractivity contribution in [1.29, 1.82) is 0 Å². The lowest BCUT2D eigenvalue weighted by atomic mass is 9.99. The quantitative estimate of drug-likeness (QED) is 0.785. The minimum Gasteiger partial charge on any atom is -0.385 e. The number of benzene rings is 2. The highest BCUT2D eigenvalue weighted by Crippen LogP contribution is 2.27. The Labute approximate surface area is 127 Å². The fraction of sp³-hybridized carbons (Fsp3) is 0.235. The lowest BCUT2D eigenvalue weighted by molar-refractivity contribution is 0.805. The van der Waals surface area contributed by atoms with Crippen LogP contribution in [0, 0.1) is 0 Å². The van der Waals surface area contributed by atoms with Gasteiger partial charge in [0.1, 0.15) is 0 Å². The first-order valence-corrected chi connectivity index (χ1v) is 8.04. The molecule has 0 unspecified atom stereocenters. The summed E-state index contributed by atoms with van der Waals surface area (Å²) in [6.07, 6.45) is 2.30. The molecule has 1 aliphatic rings. The third kappa shape index (κ3) is 2.16. The zero-order chi connectivity index (χ0) is 14.2. The van der Waals surface area contributed by atoms with Crippen molar-refractivity contribution in [2.75, 3.05) is 11.9 Å². The van der Waals surface area contributed by atoms with E-state index in [1.165, 1.54) is 23.2 Å². The van der Waals surface area contributed by atoms with Gasteiger partial charge in [-0.25, -0.2) is 0 Å². The first kappa shape index (κ1) is 12.7. The van der Waals surface area contributed by atoms with Gasteiger partial charge in [0, 0.05) is 12.2 Å². The first-order valence-electron chi connectivity index (χ1n) is 7.26. The maximum absolute atomic E-state index is 12.5. The van der Waals surface area contributed by atoms with Crippen molar-refractivity contribution in [3.63, 3.8) is 0 Å². The molecule has 1 aliphatic heterocycles. The number of nitrogens with zero attached hydrogens (tertiary/aromatic N) is 1. The summed E-state index contributed by atoms with van der Waals surface area (Å²) in [5.74, 6) is 0. The van der Waals surface area contributed by atoms with Crippen molar-refractivity contribution in [3.05, 3.63) is 63.9 Å². The van der Waals surface area contributed by atoms with Gasteiger partial charge in [-0.15, -0.1) is 0 Å². The van der Waals surface area contributed by atoms with Crippen molar-refractivity contribution in [2.24, 2.45) is 0 Å². The van der Waals surface area contributed by atoms with Crippen LogP contribution in [0.5, 0.6) is 0 Å². The van der Waals surface area contributed by atoms with Crippen LogP contribution in [0.1, 0.15) is 17.5 Å². The molecule has 2 heterocycles. The molecule has 21 heavy (non-hydrogen) atoms. The van der Waals surface area contributed by atoms with Gasteiger partial charge in [0.05, 0.1) is 16.6 Å². The Hall–Kier alpha value is -2.07. The Bertz CT molecular complexity index is 863. The molecule has 0 atom stereocenters. The van der Waals surface area contributed by atoms with Crippen LogP contribution in [0.2, 0.25) is 0 Å². The van der Waals surface area contributed by atoms with Gasteiger partial charge in [0.15, 0.2) is 0 Å². The van der Waals surface area contributed by atoms with Crippen molar-refractivity contribution in [3.8, 4) is 0 Å². The van der Waals surface area contributed by atoms with E-state index in [4.69, 9.17) is 0 Å². The molecular formula is C17H16N2OS. The SMILES string of the molecule is O=c1c2ccccc2sn1Cc1cccc2c1NCCC2. The van der Waals surface area contributed by atoms with Crippen molar-refractivity contribution in [1.82, 2.24) is 3.96 Å². The molecule has 0 saturated carbocycles. The number of fused-ring (bicyclic) bond motifs is 2. The summed E-state index contributed by atoms with van der Waals surface area (Å²) in [7, 11) is 0. The molecule has 0 spiro atoms. The Morgan fingerprint density at radius 2 is 2.05 bits per heavy atom. The minimum absolute atomic E-state index is 0.115. The largest absolute Gasteiger partial charge is 0.385 e. The summed E-state index contributed by atoms with van der Waals surface area (Å²) in [6.45, 7) is 1.67. The van der Waals surface area contributed by atoms with Crippen molar-refractivity contribution in [2.45, 2.75) is 19.4 Å². The Kier molecular flexibility index (Phi) is 3.04. The molecular weight excluding hydrogens is 280 g/mol. The van der Waals surface area contributed by atoms with E-state index in [1.54, 1.807) is 11.5 Å². The van der Waals surface area contributed by atoms with E-state index in [1.807, 2.05) is 28.2 Å². The number of rotatable bonds is 2. The fourth-order valence-corrected chi connectivity index (χ4v) is 4.00. The second kappa shape index (κ2) is 5.04. The predicted octanol–water partition coefficient (Wildman–Crippen LogP) is 3.47. The molecule has 3 nitrogen and oxygen atoms in total. The van der Waals surface area contributed by atoms with E-state index in [-0.39, 0.29) is 5.56 Å². The van der Waals surface area contributed by atoms with Crippen LogP contribution in [0.15, 0.2) is 47.3 Å². The van der Waals surface area contributed by atoms with Gasteiger partial charge in [-0.3, -0.25) is 8.75 Å². The molecule has 4 heteroatoms. The number of anilines is 1. The number of para-hydroxylation sites is 1. The predicted molar refractivity (Wildman–Crippen MR) is 88.4 cm³/mol. The van der Waals surface area contributed by atoms with Gasteiger partial charge in [-0.2, -0.15) is 0 Å². The van der Waals surface area contributed by atoms with Crippen LogP contribution >= 0.6 is 11.5 Å². The summed E-state index contributed by atoms with van der Waals surface area (Å²) >= 11 is 1.55. The van der Waals surface area contributed by atoms with Gasteiger partial charge in [0.2, 0.25) is 0 Å². The van der Waals surface area contributed by atoms with Crippen LogP contribution in [-0.2, 0) is 13.0 Å². The Morgan fingerprint density at radius 3 is 2.95 bits per heavy atom. The lowest BCUT2D eigenvalue weighted by Crippen LogP contribution is -2.18. The average molecular weight is 296 g/mol. The van der Waals surface area contributed by atoms with E-state index in [0.717, 1.165) is 23.1 Å². The molecule has 4 rings (SSSR count). The summed E-state index contributed by atoms with van der Waals surface area (Å²) in [5, 5.41) is 4.31. The topological polar surface area (TPSA) is 34.0 Å². The number of nitrogens with one attached hydrogen (secondary N) is 1. The van der Waals surface area contributed by atoms with Crippen LogP contribution in [0.25, 0.3) is 10.1 Å². The smallest absolute Gasteiger partial charge is 0.268 e. The molecule has 106 valence electrons. The monoisotopic (exact) mass is 296 g/mol. The highest BCUT2D eigenvalue weighted by Gasteiger charge is 2.14. The van der Waals surface area contributed by atoms with E-state index in [0.29, 0.717) is 6.54 Å². The number of hydrogen-bond acceptors (Lipinski definition) is 3. The number of aryl methyl sites for hydroxylation is 1. The molecule has 0 amide bonds. The second-order valence-electron chi connectivity index (χ2n) is 5.41. The summed E-state index contributed by atoms with van der Waals surface area (Å²) in [4.78, 5) is 12.5. The maximum atomic E-state index is 12.5. The molecule has 3 aromatic rings. The van der Waals surface area contributed by atoms with Crippen molar-refractivity contribution >= 4 is 27.3 Å². The van der Waals surface area contributed by atoms with E-state index in [2.05, 4.69) is 23.5 Å². The van der Waals surface area contributed by atoms with Crippen LogP contribution in [0.4, 0.5) is 5.69 Å². The third-order valence-corrected chi connectivity index (χ3v) is 5.10. The zero-order valence-corrected chi connectivity index (χ0v) is 12.5. The molecule has 0 bridgehead atoms. The normalized spacial score (nSPS) is 13.9. The first-order chi connectivity index (χ1) is 10.3. The third-order valence-electron chi connectivity index (χ3n) is 4.03. The minimum atomic E-state index is 0.115. The highest BCUT2D eigenvalue weighted by atomic mass is 32.1. The van der Waals surface area contributed by atoms with Crippen LogP contribution in [0.3, 0.4) is 0 Å². The van der Waals surface area contributed by atoms with Gasteiger partial charge in [0.25, 0.3) is 5.56 Å². The Balaban J connectivity index is 1.78. The molecule has 1 N–H and O–H groups in total. The lowest BCUT2D eigenvalue weighted by Gasteiger charge is -2.21. The number of hydrogen-bond donors (Lipinski definition) is 1. The van der Waals surface area contributed by atoms with E-state index in [9.17, 15) is 4.79 Å². The van der Waals surface area contributed by atoms with Crippen molar-refractivity contribution < 1.29 is 0 Å². The van der Waals surface area contributed by atoms with Gasteiger partial charge in [-0.05, 0) is 36.1 Å². The van der Waals surface area contributed by atoms with Crippen LogP contribution in [-0.4, -0.2) is 10.5 Å². The molecule has 0 aliphatic carbocycles. The molecule has 2 aromatic carbocycles. The van der Waals surface area contributed by atoms with Gasteiger partial charge < -0.3 is 5.32 Å². The second-order valence-corrected chi connectivity index (χ2v) is 6.47. The number of aromatic nitrogens is 1. The summed E-state index contributed by atoms with van der Waals surface area (Å²) in [5.41, 5.74) is 3.92. The highest BCUT2D eigenvalue weighted by molar-refractivity contribution is 7.13. The van der Waals surface area contributed by atoms with Gasteiger partial charge in [-0.1, -0.05) is 41.9 Å². The molecule has 0 radical (unpaired) electrons. The molecule has 0 saturated heterocycles. The maximum Gasteiger partial charge on any atom is 0.268 e. The zero-order valence-electron chi connectivity index (χ0n) is 11.6. The summed E-state index contributed by atoms with van der Waals surface area (Å²) in [6, 6.07) is 14.2. The van der Waals surface area contributed by atoms with Gasteiger partial charge >= 0.3 is 0 Å². The van der Waals surface area contributed by atoms with E-state index < -0.39 is 0 Å². The fourth-order valence-electron chi connectivity index (χ4n) is 2.99. The average Bonchev–Trinajstić information content (AvgIpc) is 2.85.